The number of hydrogen-bond donors (Lipinski definition) is 0. The van der Waals surface area contributed by atoms with Gasteiger partial charge in [0.25, 0.3) is 17.9 Å². The third-order valence-electron chi connectivity index (χ3n) is 3.91. The summed E-state index contributed by atoms with van der Waals surface area (Å²) < 4.78 is 16.1. The fraction of sp³-hybridized carbons (Fsp3) is 0.150. The van der Waals surface area contributed by atoms with Crippen LogP contribution in [0.3, 0.4) is 0 Å². The minimum atomic E-state index is -4.16. The number of rotatable bonds is 4. The second kappa shape index (κ2) is 7.20. The molecular weight excluding hydrogens is 364 g/mol. The SMILES string of the molecule is CC(=O)O[Si](OC(C)=O)(OC(C)=O)c1cccc2cc3ccccc3cc12. The summed E-state index contributed by atoms with van der Waals surface area (Å²) in [5.74, 6) is -2.12. The average molecular weight is 382 g/mol. The Kier molecular flexibility index (Phi) is 4.96. The van der Waals surface area contributed by atoms with Crippen molar-refractivity contribution in [1.29, 1.82) is 0 Å². The van der Waals surface area contributed by atoms with Crippen LogP contribution in [0.1, 0.15) is 20.8 Å². The van der Waals surface area contributed by atoms with E-state index in [0.717, 1.165) is 16.2 Å². The smallest absolute Gasteiger partial charge is 0.452 e. The van der Waals surface area contributed by atoms with Gasteiger partial charge in [0, 0.05) is 20.8 Å². The van der Waals surface area contributed by atoms with Crippen LogP contribution in [0.15, 0.2) is 54.6 Å². The first-order chi connectivity index (χ1) is 12.8. The van der Waals surface area contributed by atoms with Crippen LogP contribution in [0, 0.1) is 0 Å². The summed E-state index contributed by atoms with van der Waals surface area (Å²) in [6, 6.07) is 16.9. The molecule has 6 nitrogen and oxygen atoms in total. The predicted molar refractivity (Wildman–Crippen MR) is 102 cm³/mol. The van der Waals surface area contributed by atoms with Gasteiger partial charge in [-0.1, -0.05) is 42.5 Å². The molecule has 138 valence electrons. The van der Waals surface area contributed by atoms with Crippen molar-refractivity contribution in [1.82, 2.24) is 0 Å². The van der Waals surface area contributed by atoms with E-state index in [0.29, 0.717) is 10.6 Å². The minimum Gasteiger partial charge on any atom is -0.452 e. The van der Waals surface area contributed by atoms with Crippen LogP contribution in [0.5, 0.6) is 0 Å². The lowest BCUT2D eigenvalue weighted by Crippen LogP contribution is -2.59. The highest BCUT2D eigenvalue weighted by atomic mass is 28.4. The van der Waals surface area contributed by atoms with E-state index in [2.05, 4.69) is 0 Å². The van der Waals surface area contributed by atoms with Crippen LogP contribution in [-0.2, 0) is 27.7 Å². The Bertz CT molecular complexity index is 1020. The van der Waals surface area contributed by atoms with E-state index in [9.17, 15) is 14.4 Å². The molecule has 27 heavy (non-hydrogen) atoms. The van der Waals surface area contributed by atoms with Gasteiger partial charge in [0.15, 0.2) is 0 Å². The molecule has 0 N–H and O–H groups in total. The van der Waals surface area contributed by atoms with Crippen molar-refractivity contribution in [2.45, 2.75) is 20.8 Å². The summed E-state index contributed by atoms with van der Waals surface area (Å²) in [6.45, 7) is 3.53. The lowest BCUT2D eigenvalue weighted by molar-refractivity contribution is -0.146. The monoisotopic (exact) mass is 382 g/mol. The number of carbonyl (C=O) groups is 3. The molecule has 0 unspecified atom stereocenters. The highest BCUT2D eigenvalue weighted by molar-refractivity contribution is 6.81. The van der Waals surface area contributed by atoms with Crippen LogP contribution in [-0.4, -0.2) is 26.7 Å². The number of hydrogen-bond acceptors (Lipinski definition) is 6. The van der Waals surface area contributed by atoms with Gasteiger partial charge in [0.05, 0.1) is 5.19 Å². The molecule has 0 saturated heterocycles. The second-order valence-corrected chi connectivity index (χ2v) is 8.33. The maximum atomic E-state index is 11.8. The Labute approximate surface area is 157 Å². The highest BCUT2D eigenvalue weighted by Crippen LogP contribution is 2.25. The maximum Gasteiger partial charge on any atom is 0.743 e. The number of fused-ring (bicyclic) bond motifs is 2. The first kappa shape index (κ1) is 18.6. The van der Waals surface area contributed by atoms with Crippen molar-refractivity contribution in [3.8, 4) is 0 Å². The van der Waals surface area contributed by atoms with Crippen LogP contribution in [0.25, 0.3) is 21.5 Å². The molecule has 0 heterocycles. The van der Waals surface area contributed by atoms with E-state index in [1.54, 1.807) is 12.1 Å². The van der Waals surface area contributed by atoms with Crippen molar-refractivity contribution in [2.75, 3.05) is 0 Å². The van der Waals surface area contributed by atoms with Gasteiger partial charge in [-0.2, -0.15) is 0 Å². The van der Waals surface area contributed by atoms with E-state index in [1.807, 2.05) is 42.5 Å². The molecule has 0 aliphatic carbocycles. The fourth-order valence-electron chi connectivity index (χ4n) is 3.03. The Balaban J connectivity index is 2.33. The maximum absolute atomic E-state index is 11.8. The summed E-state index contributed by atoms with van der Waals surface area (Å²) in [6.07, 6.45) is 0. The number of benzene rings is 3. The van der Waals surface area contributed by atoms with Crippen LogP contribution in [0.2, 0.25) is 0 Å². The van der Waals surface area contributed by atoms with Crippen molar-refractivity contribution in [3.05, 3.63) is 54.6 Å². The molecule has 3 aromatic rings. The first-order valence-corrected chi connectivity index (χ1v) is 10.0. The Hall–Kier alpha value is -3.19. The molecule has 0 aliphatic rings. The van der Waals surface area contributed by atoms with Gasteiger partial charge >= 0.3 is 8.80 Å². The van der Waals surface area contributed by atoms with Gasteiger partial charge < -0.3 is 13.3 Å². The molecule has 3 rings (SSSR count). The van der Waals surface area contributed by atoms with E-state index in [1.165, 1.54) is 20.8 Å². The van der Waals surface area contributed by atoms with Crippen molar-refractivity contribution >= 4 is 53.4 Å². The van der Waals surface area contributed by atoms with Gasteiger partial charge in [-0.15, -0.1) is 0 Å². The molecule has 0 saturated carbocycles. The molecule has 0 aliphatic heterocycles. The van der Waals surface area contributed by atoms with Crippen molar-refractivity contribution < 1.29 is 27.7 Å². The van der Waals surface area contributed by atoms with E-state index in [4.69, 9.17) is 13.3 Å². The van der Waals surface area contributed by atoms with Gasteiger partial charge in [-0.3, -0.25) is 14.4 Å². The standard InChI is InChI=1S/C20H18O6Si/c1-13(21)24-27(25-14(2)22,26-15(3)23)20-10-6-9-18-11-16-7-4-5-8-17(16)12-19(18)20/h4-12H,1-3H3. The lowest BCUT2D eigenvalue weighted by atomic mass is 10.0. The molecule has 0 aromatic heterocycles. The summed E-state index contributed by atoms with van der Waals surface area (Å²) in [5, 5.41) is 3.89. The largest absolute Gasteiger partial charge is 0.743 e. The summed E-state index contributed by atoms with van der Waals surface area (Å²) in [4.78, 5) is 35.3. The summed E-state index contributed by atoms with van der Waals surface area (Å²) in [7, 11) is -4.16. The topological polar surface area (TPSA) is 78.9 Å². The molecule has 0 fully saturated rings. The van der Waals surface area contributed by atoms with Gasteiger partial charge in [0.2, 0.25) is 0 Å². The Morgan fingerprint density at radius 2 is 1.15 bits per heavy atom. The van der Waals surface area contributed by atoms with Crippen molar-refractivity contribution in [2.24, 2.45) is 0 Å². The van der Waals surface area contributed by atoms with Gasteiger partial charge in [0.1, 0.15) is 0 Å². The van der Waals surface area contributed by atoms with Gasteiger partial charge in [-0.25, -0.2) is 0 Å². The van der Waals surface area contributed by atoms with E-state index in [-0.39, 0.29) is 0 Å². The average Bonchev–Trinajstić information content (AvgIpc) is 2.57. The molecule has 0 radical (unpaired) electrons. The zero-order valence-electron chi connectivity index (χ0n) is 15.1. The third kappa shape index (κ3) is 3.83. The van der Waals surface area contributed by atoms with Crippen molar-refractivity contribution in [3.63, 3.8) is 0 Å². The minimum absolute atomic E-state index is 0.381. The predicted octanol–water partition coefficient (Wildman–Crippen LogP) is 2.83. The molecule has 0 atom stereocenters. The number of carbonyl (C=O) groups excluding carboxylic acids is 3. The zero-order chi connectivity index (χ0) is 19.6. The summed E-state index contributed by atoms with van der Waals surface area (Å²) >= 11 is 0. The zero-order valence-corrected chi connectivity index (χ0v) is 16.1. The summed E-state index contributed by atoms with van der Waals surface area (Å²) in [5.41, 5.74) is 0. The van der Waals surface area contributed by atoms with Crippen LogP contribution < -0.4 is 5.19 Å². The molecule has 7 heteroatoms. The first-order valence-electron chi connectivity index (χ1n) is 8.31. The highest BCUT2D eigenvalue weighted by Gasteiger charge is 2.55. The third-order valence-corrected chi connectivity index (χ3v) is 6.68. The second-order valence-electron chi connectivity index (χ2n) is 6.06. The molecule has 3 aromatic carbocycles. The Morgan fingerprint density at radius 3 is 1.67 bits per heavy atom. The molecular formula is C20H18O6Si. The molecule has 0 bridgehead atoms. The fourth-order valence-corrected chi connectivity index (χ4v) is 5.47. The van der Waals surface area contributed by atoms with E-state index >= 15 is 0 Å². The normalized spacial score (nSPS) is 11.2. The molecule has 0 amide bonds. The Morgan fingerprint density at radius 1 is 0.667 bits per heavy atom. The molecule has 0 spiro atoms. The van der Waals surface area contributed by atoms with Crippen LogP contribution >= 0.6 is 0 Å². The lowest BCUT2D eigenvalue weighted by Gasteiger charge is -2.27. The van der Waals surface area contributed by atoms with Crippen LogP contribution in [0.4, 0.5) is 0 Å². The van der Waals surface area contributed by atoms with E-state index < -0.39 is 26.7 Å². The van der Waals surface area contributed by atoms with Gasteiger partial charge in [-0.05, 0) is 33.7 Å². The quantitative estimate of drug-likeness (QED) is 0.510.